The summed E-state index contributed by atoms with van der Waals surface area (Å²) in [5.74, 6) is -1.03. The van der Waals surface area contributed by atoms with Crippen molar-refractivity contribution >= 4 is 33.7 Å². The van der Waals surface area contributed by atoms with E-state index in [-0.39, 0.29) is 5.75 Å². The average Bonchev–Trinajstić information content (AvgIpc) is 2.69. The number of amides is 1. The van der Waals surface area contributed by atoms with Gasteiger partial charge in [0.05, 0.1) is 11.6 Å². The Hall–Kier alpha value is -3.31. The van der Waals surface area contributed by atoms with Gasteiger partial charge in [0.2, 0.25) is 0 Å². The number of aromatic hydroxyl groups is 1. The number of rotatable bonds is 8. The molecule has 0 saturated heterocycles. The summed E-state index contributed by atoms with van der Waals surface area (Å²) in [5.41, 5.74) is 1.38. The number of carbonyl (C=O) groups excluding carboxylic acids is 1. The predicted octanol–water partition coefficient (Wildman–Crippen LogP) is 5.13. The van der Waals surface area contributed by atoms with E-state index >= 15 is 0 Å². The second-order valence-electron chi connectivity index (χ2n) is 6.08. The second-order valence-corrected chi connectivity index (χ2v) is 7.00. The maximum absolute atomic E-state index is 12.3. The molecule has 0 unspecified atom stereocenters. The monoisotopic (exact) mass is 458 g/mol. The van der Waals surface area contributed by atoms with Gasteiger partial charge in [-0.3, -0.25) is 5.32 Å². The summed E-state index contributed by atoms with van der Waals surface area (Å²) in [6.07, 6.45) is 2.56. The number of allylic oxidation sites excluding steroid dienone is 1. The molecule has 150 valence electrons. The molecule has 0 aliphatic carbocycles. The Bertz CT molecular complexity index is 935. The molecule has 0 bridgehead atoms. The Kier molecular flexibility index (Phi) is 8.25. The Labute approximate surface area is 176 Å². The van der Waals surface area contributed by atoms with Crippen molar-refractivity contribution in [2.45, 2.75) is 25.4 Å². The van der Waals surface area contributed by atoms with Crippen LogP contribution in [0.2, 0.25) is 0 Å². The Balaban J connectivity index is 2.08. The molecule has 0 aliphatic heterocycles. The maximum atomic E-state index is 12.3. The summed E-state index contributed by atoms with van der Waals surface area (Å²) >= 11 is 3.34. The van der Waals surface area contributed by atoms with Gasteiger partial charge in [-0.2, -0.15) is 5.26 Å². The van der Waals surface area contributed by atoms with Crippen molar-refractivity contribution in [1.82, 2.24) is 0 Å². The van der Waals surface area contributed by atoms with Gasteiger partial charge in [0, 0.05) is 21.8 Å². The summed E-state index contributed by atoms with van der Waals surface area (Å²) in [6, 6.07) is 13.1. The predicted molar refractivity (Wildman–Crippen MR) is 110 cm³/mol. The number of nitrogens with zero attached hydrogens (tertiary/aromatic N) is 1. The Morgan fingerprint density at radius 1 is 1.24 bits per heavy atom. The normalized spacial score (nSPS) is 11.6. The molecule has 0 aromatic heterocycles. The number of unbranched alkanes of at least 4 members (excludes halogenated alkanes) is 1. The topological polar surface area (TPSA) is 120 Å². The van der Waals surface area contributed by atoms with Crippen molar-refractivity contribution in [3.05, 3.63) is 70.2 Å². The van der Waals surface area contributed by atoms with Gasteiger partial charge in [-0.1, -0.05) is 22.0 Å². The van der Waals surface area contributed by atoms with E-state index in [0.29, 0.717) is 36.1 Å². The van der Waals surface area contributed by atoms with E-state index in [4.69, 9.17) is 15.1 Å². The summed E-state index contributed by atoms with van der Waals surface area (Å²) in [6.45, 7) is 0. The number of nitriles is 1. The van der Waals surface area contributed by atoms with Crippen LogP contribution in [0.5, 0.6) is 5.75 Å². The van der Waals surface area contributed by atoms with Crippen molar-refractivity contribution in [3.63, 3.8) is 0 Å². The molecule has 29 heavy (non-hydrogen) atoms. The number of halogens is 1. The quantitative estimate of drug-likeness (QED) is 0.372. The zero-order valence-electron chi connectivity index (χ0n) is 15.3. The number of phenols is 1. The van der Waals surface area contributed by atoms with Crippen LogP contribution in [0.1, 0.15) is 36.5 Å². The number of hydrogen-bond acceptors (Lipinski definition) is 5. The van der Waals surface area contributed by atoms with Crippen LogP contribution in [0.25, 0.3) is 0 Å². The van der Waals surface area contributed by atoms with Crippen LogP contribution in [0, 0.1) is 11.3 Å². The van der Waals surface area contributed by atoms with Crippen LogP contribution in [0.3, 0.4) is 0 Å². The maximum Gasteiger partial charge on any atom is 0.412 e. The number of hydrogen-bond donors (Lipinski definition) is 3. The van der Waals surface area contributed by atoms with Crippen LogP contribution >= 0.6 is 15.9 Å². The van der Waals surface area contributed by atoms with Gasteiger partial charge in [-0.25, -0.2) is 9.59 Å². The van der Waals surface area contributed by atoms with E-state index in [1.807, 2.05) is 6.07 Å². The van der Waals surface area contributed by atoms with Gasteiger partial charge in [0.25, 0.3) is 0 Å². The highest BCUT2D eigenvalue weighted by Crippen LogP contribution is 2.33. The molecule has 0 heterocycles. The number of carboxylic acids is 1. The largest absolute Gasteiger partial charge is 0.508 e. The molecule has 1 amide bonds. The minimum Gasteiger partial charge on any atom is -0.508 e. The minimum absolute atomic E-state index is 0.00884. The van der Waals surface area contributed by atoms with E-state index in [1.165, 1.54) is 12.1 Å². The van der Waals surface area contributed by atoms with E-state index in [9.17, 15) is 14.7 Å². The highest BCUT2D eigenvalue weighted by atomic mass is 79.9. The Morgan fingerprint density at radius 2 is 1.97 bits per heavy atom. The summed E-state index contributed by atoms with van der Waals surface area (Å²) in [4.78, 5) is 22.9. The lowest BCUT2D eigenvalue weighted by Crippen LogP contribution is -2.18. The van der Waals surface area contributed by atoms with Crippen LogP contribution in [0.4, 0.5) is 10.5 Å². The first kappa shape index (κ1) is 22.0. The van der Waals surface area contributed by atoms with Gasteiger partial charge in [-0.15, -0.1) is 0 Å². The zero-order valence-corrected chi connectivity index (χ0v) is 16.9. The van der Waals surface area contributed by atoms with Crippen molar-refractivity contribution < 1.29 is 24.5 Å². The van der Waals surface area contributed by atoms with Gasteiger partial charge in [-0.05, 0) is 61.7 Å². The molecule has 0 fully saturated rings. The first-order chi connectivity index (χ1) is 13.9. The number of phenolic OH excluding ortho intramolecular Hbond substituents is 1. The molecule has 1 atom stereocenters. The molecule has 0 saturated carbocycles. The van der Waals surface area contributed by atoms with Crippen molar-refractivity contribution in [3.8, 4) is 11.8 Å². The van der Waals surface area contributed by atoms with E-state index < -0.39 is 18.2 Å². The third kappa shape index (κ3) is 7.31. The lowest BCUT2D eigenvalue weighted by molar-refractivity contribution is -0.131. The first-order valence-electron chi connectivity index (χ1n) is 8.74. The summed E-state index contributed by atoms with van der Waals surface area (Å²) in [7, 11) is 0. The fraction of sp³-hybridized carbons (Fsp3) is 0.190. The van der Waals surface area contributed by atoms with Crippen molar-refractivity contribution in [2.24, 2.45) is 0 Å². The third-order valence-corrected chi connectivity index (χ3v) is 4.44. The minimum atomic E-state index is -1.02. The molecule has 2 rings (SSSR count). The number of carbonyl (C=O) groups is 2. The molecule has 7 nitrogen and oxygen atoms in total. The van der Waals surface area contributed by atoms with Crippen LogP contribution in [-0.4, -0.2) is 22.3 Å². The molecular formula is C21H19BrN2O5. The van der Waals surface area contributed by atoms with Crippen LogP contribution < -0.4 is 5.32 Å². The summed E-state index contributed by atoms with van der Waals surface area (Å²) in [5, 5.41) is 30.2. The van der Waals surface area contributed by atoms with Gasteiger partial charge < -0.3 is 14.9 Å². The van der Waals surface area contributed by atoms with E-state index in [0.717, 1.165) is 10.5 Å². The van der Waals surface area contributed by atoms with Gasteiger partial charge in [0.15, 0.2) is 0 Å². The zero-order chi connectivity index (χ0) is 21.2. The Morgan fingerprint density at radius 3 is 2.62 bits per heavy atom. The molecular weight excluding hydrogens is 440 g/mol. The SMILES string of the molecule is N#Cc1ccc(NC(=O)O[C@@H](CCC/C=C/C(=O)O)c2cc(Br)ccc2O)cc1. The molecule has 2 aromatic rings. The number of benzene rings is 2. The number of nitrogens with one attached hydrogen (secondary N) is 1. The van der Waals surface area contributed by atoms with Crippen LogP contribution in [-0.2, 0) is 9.53 Å². The molecule has 0 aliphatic rings. The lowest BCUT2D eigenvalue weighted by Gasteiger charge is -2.20. The molecule has 3 N–H and O–H groups in total. The highest BCUT2D eigenvalue weighted by Gasteiger charge is 2.20. The highest BCUT2D eigenvalue weighted by molar-refractivity contribution is 9.10. The first-order valence-corrected chi connectivity index (χ1v) is 9.54. The van der Waals surface area contributed by atoms with Crippen LogP contribution in [0.15, 0.2) is 59.1 Å². The average molecular weight is 459 g/mol. The molecule has 8 heteroatoms. The molecule has 0 radical (unpaired) electrons. The van der Waals surface area contributed by atoms with Gasteiger partial charge in [0.1, 0.15) is 11.9 Å². The second kappa shape index (κ2) is 10.9. The third-order valence-electron chi connectivity index (χ3n) is 3.94. The number of carboxylic acid groups (broad SMARTS) is 1. The van der Waals surface area contributed by atoms with Crippen molar-refractivity contribution in [2.75, 3.05) is 5.32 Å². The lowest BCUT2D eigenvalue weighted by atomic mass is 10.0. The number of aliphatic carboxylic acids is 1. The van der Waals surface area contributed by atoms with Crippen molar-refractivity contribution in [1.29, 1.82) is 5.26 Å². The fourth-order valence-electron chi connectivity index (χ4n) is 2.57. The number of anilines is 1. The van der Waals surface area contributed by atoms with E-state index in [2.05, 4.69) is 21.2 Å². The standard InChI is InChI=1S/C21H19BrN2O5/c22-15-8-11-18(25)17(12-15)19(4-2-1-3-5-20(26)27)29-21(28)24-16-9-6-14(13-23)7-10-16/h3,5-12,19,25H,1-2,4H2,(H,24,28)(H,26,27)/b5-3+/t19-/m0/s1. The summed E-state index contributed by atoms with van der Waals surface area (Å²) < 4.78 is 6.24. The molecule has 0 spiro atoms. The molecule has 2 aromatic carbocycles. The fourth-order valence-corrected chi connectivity index (χ4v) is 2.95. The number of ether oxygens (including phenoxy) is 1. The smallest absolute Gasteiger partial charge is 0.412 e. The van der Waals surface area contributed by atoms with E-state index in [1.54, 1.807) is 36.4 Å². The van der Waals surface area contributed by atoms with Gasteiger partial charge >= 0.3 is 12.1 Å².